The molecule has 1 aromatic carbocycles. The Bertz CT molecular complexity index is 575. The molecule has 0 saturated heterocycles. The van der Waals surface area contributed by atoms with Gasteiger partial charge in [-0.25, -0.2) is 9.37 Å². The highest BCUT2D eigenvalue weighted by atomic mass is 35.5. The van der Waals surface area contributed by atoms with Crippen LogP contribution in [0.5, 0.6) is 11.6 Å². The van der Waals surface area contributed by atoms with Crippen molar-refractivity contribution in [3.05, 3.63) is 52.4 Å². The summed E-state index contributed by atoms with van der Waals surface area (Å²) in [5.74, 6) is 0.301. The van der Waals surface area contributed by atoms with Crippen molar-refractivity contribution in [2.75, 3.05) is 0 Å². The summed E-state index contributed by atoms with van der Waals surface area (Å²) in [4.78, 5) is 3.88. The number of aryl methyl sites for hydroxylation is 1. The molecular formula is C13H12ClFN2O. The molecule has 2 rings (SSSR count). The van der Waals surface area contributed by atoms with E-state index in [-0.39, 0.29) is 12.4 Å². The fourth-order valence-corrected chi connectivity index (χ4v) is 1.66. The van der Waals surface area contributed by atoms with Crippen LogP contribution in [0.25, 0.3) is 0 Å². The van der Waals surface area contributed by atoms with E-state index in [1.807, 2.05) is 13.0 Å². The summed E-state index contributed by atoms with van der Waals surface area (Å²) in [6, 6.07) is 6.69. The van der Waals surface area contributed by atoms with Crippen LogP contribution >= 0.6 is 11.6 Å². The van der Waals surface area contributed by atoms with Crippen LogP contribution in [0.2, 0.25) is 5.02 Å². The SMILES string of the molecule is Cc1ccc(Cl)c(Oc2ncc(F)cc2CN)c1. The second kappa shape index (κ2) is 5.33. The lowest BCUT2D eigenvalue weighted by molar-refractivity contribution is 0.452. The lowest BCUT2D eigenvalue weighted by atomic mass is 10.2. The van der Waals surface area contributed by atoms with Gasteiger partial charge in [-0.2, -0.15) is 0 Å². The molecule has 18 heavy (non-hydrogen) atoms. The average molecular weight is 267 g/mol. The topological polar surface area (TPSA) is 48.1 Å². The molecule has 2 N–H and O–H groups in total. The van der Waals surface area contributed by atoms with E-state index < -0.39 is 5.82 Å². The molecule has 0 saturated carbocycles. The molecule has 0 unspecified atom stereocenters. The van der Waals surface area contributed by atoms with E-state index in [9.17, 15) is 4.39 Å². The first kappa shape index (κ1) is 12.8. The molecule has 0 bridgehead atoms. The summed E-state index contributed by atoms with van der Waals surface area (Å²) in [5.41, 5.74) is 7.02. The van der Waals surface area contributed by atoms with Crippen molar-refractivity contribution >= 4 is 11.6 Å². The Kier molecular flexibility index (Phi) is 3.79. The van der Waals surface area contributed by atoms with Crippen LogP contribution in [0.3, 0.4) is 0 Å². The standard InChI is InChI=1S/C13H12ClFN2O/c1-8-2-3-11(14)12(4-8)18-13-9(6-16)5-10(15)7-17-13/h2-5,7H,6,16H2,1H3. The maximum absolute atomic E-state index is 13.0. The summed E-state index contributed by atoms with van der Waals surface area (Å²) in [6.07, 6.45) is 1.08. The van der Waals surface area contributed by atoms with E-state index in [2.05, 4.69) is 4.98 Å². The molecule has 0 fully saturated rings. The fraction of sp³-hybridized carbons (Fsp3) is 0.154. The molecule has 94 valence electrons. The first-order valence-electron chi connectivity index (χ1n) is 5.38. The van der Waals surface area contributed by atoms with E-state index in [4.69, 9.17) is 22.1 Å². The summed E-state index contributed by atoms with van der Waals surface area (Å²) >= 11 is 6.01. The van der Waals surface area contributed by atoms with Crippen molar-refractivity contribution in [1.82, 2.24) is 4.98 Å². The molecule has 0 amide bonds. The average Bonchev–Trinajstić information content (AvgIpc) is 2.36. The third-order valence-corrected chi connectivity index (χ3v) is 2.72. The summed E-state index contributed by atoms with van der Waals surface area (Å²) in [7, 11) is 0. The second-order valence-corrected chi connectivity index (χ2v) is 4.27. The third kappa shape index (κ3) is 2.78. The van der Waals surface area contributed by atoms with Crippen LogP contribution in [0.15, 0.2) is 30.5 Å². The van der Waals surface area contributed by atoms with Crippen molar-refractivity contribution < 1.29 is 9.13 Å². The molecule has 0 atom stereocenters. The van der Waals surface area contributed by atoms with Crippen LogP contribution < -0.4 is 10.5 Å². The van der Waals surface area contributed by atoms with Crippen LogP contribution in [0.1, 0.15) is 11.1 Å². The Morgan fingerprint density at radius 1 is 1.39 bits per heavy atom. The maximum atomic E-state index is 13.0. The highest BCUT2D eigenvalue weighted by Crippen LogP contribution is 2.30. The maximum Gasteiger partial charge on any atom is 0.223 e. The Balaban J connectivity index is 2.36. The van der Waals surface area contributed by atoms with Gasteiger partial charge in [-0.1, -0.05) is 17.7 Å². The summed E-state index contributed by atoms with van der Waals surface area (Å²) in [5, 5.41) is 0.467. The zero-order valence-electron chi connectivity index (χ0n) is 9.78. The second-order valence-electron chi connectivity index (χ2n) is 3.86. The molecule has 5 heteroatoms. The largest absolute Gasteiger partial charge is 0.437 e. The molecule has 2 aromatic rings. The number of nitrogens with two attached hydrogens (primary N) is 1. The van der Waals surface area contributed by atoms with Crippen LogP contribution in [0.4, 0.5) is 4.39 Å². The number of rotatable bonds is 3. The number of hydrogen-bond acceptors (Lipinski definition) is 3. The number of ether oxygens (including phenoxy) is 1. The van der Waals surface area contributed by atoms with Gasteiger partial charge in [-0.3, -0.25) is 0 Å². The van der Waals surface area contributed by atoms with Crippen molar-refractivity contribution in [2.24, 2.45) is 5.73 Å². The fourth-order valence-electron chi connectivity index (χ4n) is 1.50. The van der Waals surface area contributed by atoms with Gasteiger partial charge in [0, 0.05) is 12.1 Å². The molecular weight excluding hydrogens is 255 g/mol. The zero-order valence-corrected chi connectivity index (χ0v) is 10.5. The Morgan fingerprint density at radius 3 is 2.89 bits per heavy atom. The predicted molar refractivity (Wildman–Crippen MR) is 68.3 cm³/mol. The van der Waals surface area contributed by atoms with Crippen LogP contribution in [0, 0.1) is 12.7 Å². The minimum absolute atomic E-state index is 0.142. The molecule has 1 heterocycles. The molecule has 0 aliphatic rings. The third-order valence-electron chi connectivity index (χ3n) is 2.41. The first-order chi connectivity index (χ1) is 8.60. The first-order valence-corrected chi connectivity index (χ1v) is 5.76. The minimum atomic E-state index is -0.446. The Labute approximate surface area is 109 Å². The molecule has 3 nitrogen and oxygen atoms in total. The van der Waals surface area contributed by atoms with Crippen molar-refractivity contribution in [3.8, 4) is 11.6 Å². The quantitative estimate of drug-likeness (QED) is 0.926. The van der Waals surface area contributed by atoms with Crippen molar-refractivity contribution in [2.45, 2.75) is 13.5 Å². The van der Waals surface area contributed by atoms with E-state index in [0.717, 1.165) is 11.8 Å². The molecule has 0 radical (unpaired) electrons. The molecule has 0 aliphatic carbocycles. The monoisotopic (exact) mass is 266 g/mol. The highest BCUT2D eigenvalue weighted by molar-refractivity contribution is 6.32. The van der Waals surface area contributed by atoms with Gasteiger partial charge in [0.2, 0.25) is 5.88 Å². The Morgan fingerprint density at radius 2 is 2.17 bits per heavy atom. The van der Waals surface area contributed by atoms with Gasteiger partial charge >= 0.3 is 0 Å². The van der Waals surface area contributed by atoms with E-state index in [0.29, 0.717) is 16.3 Å². The molecule has 1 aromatic heterocycles. The van der Waals surface area contributed by atoms with Crippen molar-refractivity contribution in [1.29, 1.82) is 0 Å². The van der Waals surface area contributed by atoms with Gasteiger partial charge in [0.05, 0.1) is 11.2 Å². The number of nitrogens with zero attached hydrogens (tertiary/aromatic N) is 1. The Hall–Kier alpha value is -1.65. The minimum Gasteiger partial charge on any atom is -0.437 e. The molecule has 0 spiro atoms. The van der Waals surface area contributed by atoms with Crippen LogP contribution in [-0.4, -0.2) is 4.98 Å². The van der Waals surface area contributed by atoms with Gasteiger partial charge in [0.25, 0.3) is 0 Å². The van der Waals surface area contributed by atoms with E-state index in [1.165, 1.54) is 6.07 Å². The number of aromatic nitrogens is 1. The van der Waals surface area contributed by atoms with Crippen molar-refractivity contribution in [3.63, 3.8) is 0 Å². The van der Waals surface area contributed by atoms with Gasteiger partial charge in [0.1, 0.15) is 11.6 Å². The van der Waals surface area contributed by atoms with Gasteiger partial charge in [-0.15, -0.1) is 0 Å². The number of hydrogen-bond donors (Lipinski definition) is 1. The highest BCUT2D eigenvalue weighted by Gasteiger charge is 2.09. The van der Waals surface area contributed by atoms with Gasteiger partial charge in [-0.05, 0) is 30.7 Å². The molecule has 0 aliphatic heterocycles. The summed E-state index contributed by atoms with van der Waals surface area (Å²) in [6.45, 7) is 2.06. The zero-order chi connectivity index (χ0) is 13.1. The smallest absolute Gasteiger partial charge is 0.223 e. The number of benzene rings is 1. The number of pyridine rings is 1. The lowest BCUT2D eigenvalue weighted by Crippen LogP contribution is -2.02. The van der Waals surface area contributed by atoms with E-state index >= 15 is 0 Å². The van der Waals surface area contributed by atoms with Crippen LogP contribution in [-0.2, 0) is 6.54 Å². The normalized spacial score (nSPS) is 10.4. The van der Waals surface area contributed by atoms with Gasteiger partial charge < -0.3 is 10.5 Å². The van der Waals surface area contributed by atoms with Gasteiger partial charge in [0.15, 0.2) is 0 Å². The number of halogens is 2. The predicted octanol–water partition coefficient (Wildman–Crippen LogP) is 3.43. The summed E-state index contributed by atoms with van der Waals surface area (Å²) < 4.78 is 18.6. The lowest BCUT2D eigenvalue weighted by Gasteiger charge is -2.10. The van der Waals surface area contributed by atoms with E-state index in [1.54, 1.807) is 12.1 Å².